The van der Waals surface area contributed by atoms with Gasteiger partial charge in [-0.3, -0.25) is 9.48 Å². The molecule has 0 N–H and O–H groups in total. The lowest BCUT2D eigenvalue weighted by Gasteiger charge is -2.00. The molecule has 0 saturated heterocycles. The van der Waals surface area contributed by atoms with E-state index >= 15 is 0 Å². The molecule has 17 heavy (non-hydrogen) atoms. The number of carbonyl (C=O) groups is 1. The summed E-state index contributed by atoms with van der Waals surface area (Å²) in [4.78, 5) is 11.7. The molecule has 1 heterocycles. The molecule has 2 rings (SSSR count). The number of benzene rings is 1. The van der Waals surface area contributed by atoms with Crippen LogP contribution in [-0.2, 0) is 13.5 Å². The first kappa shape index (κ1) is 11.4. The van der Waals surface area contributed by atoms with Gasteiger partial charge in [-0.05, 0) is 23.8 Å². The maximum absolute atomic E-state index is 12.9. The number of hydrogen-bond donors (Lipinski definition) is 0. The Morgan fingerprint density at radius 1 is 1.29 bits per heavy atom. The van der Waals surface area contributed by atoms with E-state index < -0.39 is 11.6 Å². The van der Waals surface area contributed by atoms with Crippen molar-refractivity contribution < 1.29 is 13.6 Å². The van der Waals surface area contributed by atoms with Crippen LogP contribution >= 0.6 is 0 Å². The molecule has 0 unspecified atom stereocenters. The number of ketones is 1. The molecule has 0 radical (unpaired) electrons. The molecule has 0 fully saturated rings. The molecule has 0 aliphatic heterocycles. The van der Waals surface area contributed by atoms with Gasteiger partial charge in [0.2, 0.25) is 0 Å². The van der Waals surface area contributed by atoms with Crippen molar-refractivity contribution in [3.8, 4) is 0 Å². The Hall–Kier alpha value is -2.04. The van der Waals surface area contributed by atoms with Crippen molar-refractivity contribution in [3.05, 3.63) is 53.4 Å². The summed E-state index contributed by atoms with van der Waals surface area (Å²) in [5, 5.41) is 3.93. The lowest BCUT2D eigenvalue weighted by Crippen LogP contribution is -2.06. The van der Waals surface area contributed by atoms with Crippen LogP contribution in [0.2, 0.25) is 0 Å². The van der Waals surface area contributed by atoms with Gasteiger partial charge in [-0.2, -0.15) is 5.10 Å². The van der Waals surface area contributed by atoms with Gasteiger partial charge in [-0.25, -0.2) is 8.78 Å². The van der Waals surface area contributed by atoms with Gasteiger partial charge >= 0.3 is 0 Å². The molecule has 0 amide bonds. The highest BCUT2D eigenvalue weighted by atomic mass is 19.1. The van der Waals surface area contributed by atoms with Crippen LogP contribution < -0.4 is 0 Å². The third-order valence-corrected chi connectivity index (χ3v) is 2.29. The maximum atomic E-state index is 12.9. The summed E-state index contributed by atoms with van der Waals surface area (Å²) in [6.07, 6.45) is 1.57. The van der Waals surface area contributed by atoms with E-state index in [1.54, 1.807) is 19.3 Å². The van der Waals surface area contributed by atoms with Gasteiger partial charge in [0.1, 0.15) is 17.3 Å². The lowest BCUT2D eigenvalue weighted by atomic mass is 10.1. The van der Waals surface area contributed by atoms with Crippen molar-refractivity contribution in [2.75, 3.05) is 0 Å². The minimum Gasteiger partial charge on any atom is -0.292 e. The molecule has 0 aliphatic carbocycles. The predicted octanol–water partition coefficient (Wildman–Crippen LogP) is 2.12. The van der Waals surface area contributed by atoms with E-state index in [0.717, 1.165) is 18.2 Å². The van der Waals surface area contributed by atoms with Crippen LogP contribution in [0.25, 0.3) is 0 Å². The average Bonchev–Trinajstić information content (AvgIpc) is 2.63. The fourth-order valence-corrected chi connectivity index (χ4v) is 1.55. The normalized spacial score (nSPS) is 10.5. The zero-order valence-corrected chi connectivity index (χ0v) is 9.15. The summed E-state index contributed by atoms with van der Waals surface area (Å²) in [6.45, 7) is 0. The monoisotopic (exact) mass is 236 g/mol. The molecule has 0 saturated carbocycles. The second kappa shape index (κ2) is 4.45. The van der Waals surface area contributed by atoms with Gasteiger partial charge in [0, 0.05) is 25.7 Å². The molecule has 2 aromatic rings. The van der Waals surface area contributed by atoms with Crippen molar-refractivity contribution in [1.29, 1.82) is 0 Å². The second-order valence-corrected chi connectivity index (χ2v) is 3.75. The smallest absolute Gasteiger partial charge is 0.187 e. The first-order valence-corrected chi connectivity index (χ1v) is 5.02. The third kappa shape index (κ3) is 2.75. The zero-order chi connectivity index (χ0) is 12.4. The van der Waals surface area contributed by atoms with Crippen LogP contribution in [-0.4, -0.2) is 15.6 Å². The molecule has 1 aromatic carbocycles. The average molecular weight is 236 g/mol. The van der Waals surface area contributed by atoms with Crippen LogP contribution in [0.4, 0.5) is 8.78 Å². The number of carbonyl (C=O) groups excluding carboxylic acids is 1. The van der Waals surface area contributed by atoms with Gasteiger partial charge < -0.3 is 0 Å². The highest BCUT2D eigenvalue weighted by Gasteiger charge is 2.11. The molecule has 1 aromatic heterocycles. The molecule has 0 aliphatic rings. The number of nitrogens with zero attached hydrogens (tertiary/aromatic N) is 2. The Labute approximate surface area is 96.7 Å². The van der Waals surface area contributed by atoms with E-state index in [1.807, 2.05) is 0 Å². The first-order valence-electron chi connectivity index (χ1n) is 5.02. The summed E-state index contributed by atoms with van der Waals surface area (Å²) in [5.74, 6) is -1.64. The van der Waals surface area contributed by atoms with Gasteiger partial charge in [0.05, 0.1) is 0 Å². The number of rotatable bonds is 3. The fraction of sp³-hybridized carbons (Fsp3) is 0.167. The van der Waals surface area contributed by atoms with Crippen LogP contribution in [0.1, 0.15) is 16.1 Å². The molecule has 0 atom stereocenters. The van der Waals surface area contributed by atoms with Crippen LogP contribution in [0.3, 0.4) is 0 Å². The molecule has 88 valence electrons. The Morgan fingerprint density at radius 2 is 1.94 bits per heavy atom. The summed E-state index contributed by atoms with van der Waals surface area (Å²) >= 11 is 0. The molecular weight excluding hydrogens is 226 g/mol. The largest absolute Gasteiger partial charge is 0.292 e. The lowest BCUT2D eigenvalue weighted by molar-refractivity contribution is 0.0987. The Bertz CT molecular complexity index is 543. The SMILES string of the molecule is Cn1ccc(C(=O)Cc2cc(F)cc(F)c2)n1. The van der Waals surface area contributed by atoms with E-state index in [4.69, 9.17) is 0 Å². The quantitative estimate of drug-likeness (QED) is 0.765. The van der Waals surface area contributed by atoms with Crippen molar-refractivity contribution in [2.24, 2.45) is 7.05 Å². The number of aromatic nitrogens is 2. The van der Waals surface area contributed by atoms with Gasteiger partial charge in [-0.1, -0.05) is 0 Å². The standard InChI is InChI=1S/C12H10F2N2O/c1-16-3-2-11(15-16)12(17)6-8-4-9(13)7-10(14)5-8/h2-5,7H,6H2,1H3. The van der Waals surface area contributed by atoms with E-state index in [2.05, 4.69) is 5.10 Å². The zero-order valence-electron chi connectivity index (χ0n) is 9.15. The van der Waals surface area contributed by atoms with Crippen LogP contribution in [0, 0.1) is 11.6 Å². The number of Topliss-reactive ketones (excluding diaryl/α,β-unsaturated/α-hetero) is 1. The summed E-state index contributed by atoms with van der Waals surface area (Å²) in [7, 11) is 1.69. The van der Waals surface area contributed by atoms with Crippen LogP contribution in [0.15, 0.2) is 30.5 Å². The number of aryl methyl sites for hydroxylation is 1. The van der Waals surface area contributed by atoms with Crippen molar-refractivity contribution >= 4 is 5.78 Å². The van der Waals surface area contributed by atoms with Crippen LogP contribution in [0.5, 0.6) is 0 Å². The van der Waals surface area contributed by atoms with Gasteiger partial charge in [-0.15, -0.1) is 0 Å². The minimum atomic E-state index is -0.686. The first-order chi connectivity index (χ1) is 8.04. The van der Waals surface area contributed by atoms with E-state index in [0.29, 0.717) is 5.56 Å². The summed E-state index contributed by atoms with van der Waals surface area (Å²) < 4.78 is 27.3. The maximum Gasteiger partial charge on any atom is 0.187 e. The van der Waals surface area contributed by atoms with E-state index in [1.165, 1.54) is 4.68 Å². The molecular formula is C12H10F2N2O. The van der Waals surface area contributed by atoms with Crippen molar-refractivity contribution in [2.45, 2.75) is 6.42 Å². The predicted molar refractivity (Wildman–Crippen MR) is 57.6 cm³/mol. The second-order valence-electron chi connectivity index (χ2n) is 3.75. The summed E-state index contributed by atoms with van der Waals surface area (Å²) in [6, 6.07) is 4.63. The number of halogens is 2. The third-order valence-electron chi connectivity index (χ3n) is 2.29. The highest BCUT2D eigenvalue weighted by Crippen LogP contribution is 2.10. The molecule has 0 bridgehead atoms. The Kier molecular flexibility index (Phi) is 2.99. The Morgan fingerprint density at radius 3 is 2.47 bits per heavy atom. The Balaban J connectivity index is 2.18. The molecule has 0 spiro atoms. The number of hydrogen-bond acceptors (Lipinski definition) is 2. The fourth-order valence-electron chi connectivity index (χ4n) is 1.55. The summed E-state index contributed by atoms with van der Waals surface area (Å²) in [5.41, 5.74) is 0.593. The van der Waals surface area contributed by atoms with Gasteiger partial charge in [0.25, 0.3) is 0 Å². The van der Waals surface area contributed by atoms with Crippen molar-refractivity contribution in [3.63, 3.8) is 0 Å². The highest BCUT2D eigenvalue weighted by molar-refractivity contribution is 5.95. The minimum absolute atomic E-state index is 0.0638. The molecule has 5 heteroatoms. The molecule has 3 nitrogen and oxygen atoms in total. The van der Waals surface area contributed by atoms with E-state index in [-0.39, 0.29) is 17.9 Å². The van der Waals surface area contributed by atoms with E-state index in [9.17, 15) is 13.6 Å². The van der Waals surface area contributed by atoms with Gasteiger partial charge in [0.15, 0.2) is 5.78 Å². The topological polar surface area (TPSA) is 34.9 Å². The van der Waals surface area contributed by atoms with Crippen molar-refractivity contribution in [1.82, 2.24) is 9.78 Å².